The fraction of sp³-hybridized carbons (Fsp3) is 0.308. The summed E-state index contributed by atoms with van der Waals surface area (Å²) in [4.78, 5) is 4.22. The summed E-state index contributed by atoms with van der Waals surface area (Å²) in [5, 5.41) is 3.29. The lowest BCUT2D eigenvalue weighted by Crippen LogP contribution is -2.15. The smallest absolute Gasteiger partial charge is 0.126 e. The number of hydrogen-bond donors (Lipinski definition) is 1. The molecule has 1 N–H and O–H groups in total. The number of aromatic nitrogens is 2. The van der Waals surface area contributed by atoms with Gasteiger partial charge in [0, 0.05) is 26.0 Å². The topological polar surface area (TPSA) is 29.9 Å². The average molecular weight is 233 g/mol. The van der Waals surface area contributed by atoms with E-state index in [4.69, 9.17) is 0 Å². The molecule has 1 heterocycles. The van der Waals surface area contributed by atoms with Crippen molar-refractivity contribution in [1.29, 1.82) is 0 Å². The third-order valence-electron chi connectivity index (χ3n) is 2.76. The first kappa shape index (κ1) is 11.8. The standard InChI is InChI=1S/C13H16FN3/c1-10-7-11(3-4-12(10)14)8-15-9-13-16-5-6-17(13)2/h3-7,15H,8-9H2,1-2H3. The van der Waals surface area contributed by atoms with Crippen molar-refractivity contribution in [2.75, 3.05) is 0 Å². The van der Waals surface area contributed by atoms with Crippen molar-refractivity contribution in [1.82, 2.24) is 14.9 Å². The second kappa shape index (κ2) is 5.10. The highest BCUT2D eigenvalue weighted by molar-refractivity contribution is 5.23. The Morgan fingerprint density at radius 1 is 1.35 bits per heavy atom. The Morgan fingerprint density at radius 2 is 2.18 bits per heavy atom. The Labute approximate surface area is 100 Å². The molecule has 0 amide bonds. The fourth-order valence-corrected chi connectivity index (χ4v) is 1.70. The maximum Gasteiger partial charge on any atom is 0.126 e. The third-order valence-corrected chi connectivity index (χ3v) is 2.76. The monoisotopic (exact) mass is 233 g/mol. The van der Waals surface area contributed by atoms with Gasteiger partial charge in [0.05, 0.1) is 6.54 Å². The molecule has 1 aromatic carbocycles. The highest BCUT2D eigenvalue weighted by atomic mass is 19.1. The van der Waals surface area contributed by atoms with Crippen LogP contribution in [0.5, 0.6) is 0 Å². The van der Waals surface area contributed by atoms with Crippen LogP contribution in [-0.4, -0.2) is 9.55 Å². The van der Waals surface area contributed by atoms with E-state index in [1.807, 2.05) is 23.9 Å². The van der Waals surface area contributed by atoms with Crippen LogP contribution in [0.15, 0.2) is 30.6 Å². The lowest BCUT2D eigenvalue weighted by atomic mass is 10.1. The Balaban J connectivity index is 1.90. The molecule has 90 valence electrons. The van der Waals surface area contributed by atoms with Crippen molar-refractivity contribution < 1.29 is 4.39 Å². The van der Waals surface area contributed by atoms with Crippen molar-refractivity contribution in [3.05, 3.63) is 53.4 Å². The fourth-order valence-electron chi connectivity index (χ4n) is 1.70. The van der Waals surface area contributed by atoms with E-state index >= 15 is 0 Å². The molecule has 4 heteroatoms. The van der Waals surface area contributed by atoms with Gasteiger partial charge in [-0.05, 0) is 24.1 Å². The second-order valence-corrected chi connectivity index (χ2v) is 4.14. The summed E-state index contributed by atoms with van der Waals surface area (Å²) in [5.41, 5.74) is 1.76. The van der Waals surface area contributed by atoms with E-state index in [1.165, 1.54) is 6.07 Å². The SMILES string of the molecule is Cc1cc(CNCc2nccn2C)ccc1F. The van der Waals surface area contributed by atoms with Gasteiger partial charge in [0.25, 0.3) is 0 Å². The second-order valence-electron chi connectivity index (χ2n) is 4.14. The maximum atomic E-state index is 13.1. The molecule has 0 fully saturated rings. The summed E-state index contributed by atoms with van der Waals surface area (Å²) in [6.07, 6.45) is 3.69. The Bertz CT molecular complexity index is 505. The summed E-state index contributed by atoms with van der Waals surface area (Å²) < 4.78 is 15.0. The molecule has 0 radical (unpaired) electrons. The van der Waals surface area contributed by atoms with Gasteiger partial charge in [0.2, 0.25) is 0 Å². The first-order chi connectivity index (χ1) is 8.16. The van der Waals surface area contributed by atoms with Gasteiger partial charge in [0.15, 0.2) is 0 Å². The minimum Gasteiger partial charge on any atom is -0.337 e. The Kier molecular flexibility index (Phi) is 3.54. The molecule has 0 saturated carbocycles. The van der Waals surface area contributed by atoms with E-state index in [-0.39, 0.29) is 5.82 Å². The van der Waals surface area contributed by atoms with Crippen LogP contribution in [0.4, 0.5) is 4.39 Å². The molecule has 0 bridgehead atoms. The Hall–Kier alpha value is -1.68. The van der Waals surface area contributed by atoms with Crippen molar-refractivity contribution in [2.24, 2.45) is 7.05 Å². The highest BCUT2D eigenvalue weighted by Crippen LogP contribution is 2.09. The number of halogens is 1. The number of imidazole rings is 1. The van der Waals surface area contributed by atoms with E-state index < -0.39 is 0 Å². The van der Waals surface area contributed by atoms with Crippen LogP contribution >= 0.6 is 0 Å². The molecular formula is C13H16FN3. The molecule has 0 spiro atoms. The lowest BCUT2D eigenvalue weighted by Gasteiger charge is -2.06. The summed E-state index contributed by atoms with van der Waals surface area (Å²) in [5.74, 6) is 0.835. The number of rotatable bonds is 4. The molecule has 2 rings (SSSR count). The summed E-state index contributed by atoms with van der Waals surface area (Å²) in [6.45, 7) is 3.20. The third kappa shape index (κ3) is 2.91. The van der Waals surface area contributed by atoms with E-state index in [0.717, 1.165) is 11.4 Å². The van der Waals surface area contributed by atoms with Gasteiger partial charge in [-0.1, -0.05) is 12.1 Å². The van der Waals surface area contributed by atoms with Crippen LogP contribution in [0, 0.1) is 12.7 Å². The minimum absolute atomic E-state index is 0.155. The van der Waals surface area contributed by atoms with Crippen molar-refractivity contribution in [2.45, 2.75) is 20.0 Å². The largest absolute Gasteiger partial charge is 0.337 e. The Morgan fingerprint density at radius 3 is 2.82 bits per heavy atom. The van der Waals surface area contributed by atoms with Crippen LogP contribution in [0.25, 0.3) is 0 Å². The predicted octanol–water partition coefficient (Wildman–Crippen LogP) is 2.16. The molecular weight excluding hydrogens is 217 g/mol. The molecule has 0 saturated heterocycles. The van der Waals surface area contributed by atoms with E-state index in [2.05, 4.69) is 10.3 Å². The van der Waals surface area contributed by atoms with Crippen LogP contribution < -0.4 is 5.32 Å². The molecule has 17 heavy (non-hydrogen) atoms. The molecule has 0 aliphatic carbocycles. The van der Waals surface area contributed by atoms with Gasteiger partial charge >= 0.3 is 0 Å². The number of benzene rings is 1. The molecule has 1 aromatic heterocycles. The van der Waals surface area contributed by atoms with Crippen molar-refractivity contribution in [3.63, 3.8) is 0 Å². The quantitative estimate of drug-likeness (QED) is 0.877. The number of aryl methyl sites for hydroxylation is 2. The molecule has 0 unspecified atom stereocenters. The predicted molar refractivity (Wildman–Crippen MR) is 64.9 cm³/mol. The van der Waals surface area contributed by atoms with Crippen LogP contribution in [0.1, 0.15) is 17.0 Å². The van der Waals surface area contributed by atoms with Crippen LogP contribution in [-0.2, 0) is 20.1 Å². The van der Waals surface area contributed by atoms with Gasteiger partial charge < -0.3 is 9.88 Å². The zero-order chi connectivity index (χ0) is 12.3. The van der Waals surface area contributed by atoms with Gasteiger partial charge in [-0.3, -0.25) is 0 Å². The highest BCUT2D eigenvalue weighted by Gasteiger charge is 2.01. The first-order valence-corrected chi connectivity index (χ1v) is 5.59. The van der Waals surface area contributed by atoms with Gasteiger partial charge in [-0.15, -0.1) is 0 Å². The van der Waals surface area contributed by atoms with E-state index in [9.17, 15) is 4.39 Å². The summed E-state index contributed by atoms with van der Waals surface area (Å²) >= 11 is 0. The zero-order valence-electron chi connectivity index (χ0n) is 10.1. The van der Waals surface area contributed by atoms with E-state index in [1.54, 1.807) is 19.2 Å². The molecule has 3 nitrogen and oxygen atoms in total. The summed E-state index contributed by atoms with van der Waals surface area (Å²) in [6, 6.07) is 5.17. The van der Waals surface area contributed by atoms with Crippen LogP contribution in [0.3, 0.4) is 0 Å². The van der Waals surface area contributed by atoms with Gasteiger partial charge in [-0.25, -0.2) is 9.37 Å². The molecule has 0 atom stereocenters. The first-order valence-electron chi connectivity index (χ1n) is 5.59. The van der Waals surface area contributed by atoms with Gasteiger partial charge in [-0.2, -0.15) is 0 Å². The molecule has 0 aliphatic rings. The summed E-state index contributed by atoms with van der Waals surface area (Å²) in [7, 11) is 1.96. The molecule has 2 aromatic rings. The van der Waals surface area contributed by atoms with Crippen LogP contribution in [0.2, 0.25) is 0 Å². The minimum atomic E-state index is -0.155. The lowest BCUT2D eigenvalue weighted by molar-refractivity contribution is 0.612. The van der Waals surface area contributed by atoms with E-state index in [0.29, 0.717) is 18.7 Å². The molecule has 0 aliphatic heterocycles. The maximum absolute atomic E-state index is 13.1. The van der Waals surface area contributed by atoms with Gasteiger partial charge in [0.1, 0.15) is 11.6 Å². The number of nitrogens with zero attached hydrogens (tertiary/aromatic N) is 2. The average Bonchev–Trinajstić information content (AvgIpc) is 2.70. The van der Waals surface area contributed by atoms with Crippen molar-refractivity contribution >= 4 is 0 Å². The number of hydrogen-bond acceptors (Lipinski definition) is 2. The normalized spacial score (nSPS) is 10.8. The van der Waals surface area contributed by atoms with Crippen molar-refractivity contribution in [3.8, 4) is 0 Å². The zero-order valence-corrected chi connectivity index (χ0v) is 10.1. The number of nitrogens with one attached hydrogen (secondary N) is 1.